The zero-order chi connectivity index (χ0) is 15.7. The summed E-state index contributed by atoms with van der Waals surface area (Å²) in [6, 6.07) is 1.21. The normalized spacial score (nSPS) is 21.0. The summed E-state index contributed by atoms with van der Waals surface area (Å²) in [4.78, 5) is 43.9. The Labute approximate surface area is 131 Å². The number of rotatable bonds is 4. The first-order valence-electron chi connectivity index (χ1n) is 7.29. The Bertz CT molecular complexity index is 656. The molecule has 2 aliphatic rings. The van der Waals surface area contributed by atoms with Crippen molar-refractivity contribution in [2.45, 2.75) is 19.4 Å². The summed E-state index contributed by atoms with van der Waals surface area (Å²) in [6.45, 7) is 2.74. The van der Waals surface area contributed by atoms with Crippen LogP contribution in [0, 0.1) is 12.8 Å². The predicted molar refractivity (Wildman–Crippen MR) is 82.9 cm³/mol. The van der Waals surface area contributed by atoms with E-state index in [9.17, 15) is 14.4 Å². The first kappa shape index (κ1) is 15.1. The molecule has 2 saturated heterocycles. The van der Waals surface area contributed by atoms with Crippen LogP contribution in [0.2, 0.25) is 0 Å². The summed E-state index contributed by atoms with van der Waals surface area (Å²) >= 11 is 1.77. The molecule has 0 aromatic carbocycles. The van der Waals surface area contributed by atoms with E-state index in [1.54, 1.807) is 23.6 Å². The quantitative estimate of drug-likeness (QED) is 0.798. The highest BCUT2D eigenvalue weighted by atomic mass is 32.2. The van der Waals surface area contributed by atoms with E-state index in [4.69, 9.17) is 0 Å². The Hall–Kier alpha value is -1.83. The molecule has 1 unspecified atom stereocenters. The first-order chi connectivity index (χ1) is 10.5. The average molecular weight is 322 g/mol. The zero-order valence-corrected chi connectivity index (χ0v) is 13.1. The fraction of sp³-hybridized carbons (Fsp3) is 0.571. The summed E-state index contributed by atoms with van der Waals surface area (Å²) in [5.41, 5.74) is -0.170. The number of hydrogen-bond donors (Lipinski definition) is 2. The van der Waals surface area contributed by atoms with E-state index in [2.05, 4.69) is 15.3 Å². The average Bonchev–Trinajstić information content (AvgIpc) is 2.34. The maximum Gasteiger partial charge on any atom is 0.273 e. The minimum absolute atomic E-state index is 0.00873. The molecule has 2 N–H and O–H groups in total. The van der Waals surface area contributed by atoms with Crippen LogP contribution < -0.4 is 10.9 Å². The molecule has 7 nitrogen and oxygen atoms in total. The third-order valence-corrected chi connectivity index (χ3v) is 5.28. The van der Waals surface area contributed by atoms with Crippen LogP contribution in [-0.4, -0.2) is 57.3 Å². The lowest BCUT2D eigenvalue weighted by Crippen LogP contribution is -2.57. The molecule has 0 spiro atoms. The largest absolute Gasteiger partial charge is 0.354 e. The van der Waals surface area contributed by atoms with Gasteiger partial charge >= 0.3 is 0 Å². The summed E-state index contributed by atoms with van der Waals surface area (Å²) in [5, 5.41) is 2.91. The van der Waals surface area contributed by atoms with Gasteiger partial charge in [0.1, 0.15) is 11.5 Å². The zero-order valence-electron chi connectivity index (χ0n) is 12.3. The number of likely N-dealkylation sites (tertiary alicyclic amines) is 1. The van der Waals surface area contributed by atoms with Gasteiger partial charge in [0.15, 0.2) is 0 Å². The number of hydrogen-bond acceptors (Lipinski definition) is 5. The standard InChI is InChI=1S/C14H18N4O3S/c1-8-16-11(4-12(19)17-8)14(21)18-3-2-10(18)5-15-13(20)9-6-22-7-9/h4,9-10H,2-3,5-7H2,1H3,(H,15,20)(H,16,17,19). The van der Waals surface area contributed by atoms with Crippen molar-refractivity contribution >= 4 is 23.6 Å². The molecule has 22 heavy (non-hydrogen) atoms. The molecule has 2 fully saturated rings. The van der Waals surface area contributed by atoms with Crippen molar-refractivity contribution in [2.24, 2.45) is 5.92 Å². The van der Waals surface area contributed by atoms with Crippen molar-refractivity contribution in [3.8, 4) is 0 Å². The highest BCUT2D eigenvalue weighted by molar-refractivity contribution is 8.00. The minimum Gasteiger partial charge on any atom is -0.354 e. The number of nitrogens with one attached hydrogen (secondary N) is 2. The Morgan fingerprint density at radius 1 is 1.50 bits per heavy atom. The number of carbonyl (C=O) groups is 2. The predicted octanol–water partition coefficient (Wildman–Crippen LogP) is -0.228. The fourth-order valence-electron chi connectivity index (χ4n) is 2.51. The van der Waals surface area contributed by atoms with Gasteiger partial charge in [0.25, 0.3) is 11.5 Å². The summed E-state index contributed by atoms with van der Waals surface area (Å²) in [5.74, 6) is 2.13. The number of amides is 2. The molecular formula is C14H18N4O3S. The summed E-state index contributed by atoms with van der Waals surface area (Å²) < 4.78 is 0. The van der Waals surface area contributed by atoms with Crippen LogP contribution >= 0.6 is 11.8 Å². The number of H-pyrrole nitrogens is 1. The van der Waals surface area contributed by atoms with Crippen molar-refractivity contribution in [3.05, 3.63) is 27.9 Å². The molecule has 118 valence electrons. The summed E-state index contributed by atoms with van der Waals surface area (Å²) in [6.07, 6.45) is 0.855. The molecule has 2 amide bonds. The van der Waals surface area contributed by atoms with Gasteiger partial charge < -0.3 is 15.2 Å². The van der Waals surface area contributed by atoms with Crippen LogP contribution in [0.1, 0.15) is 22.7 Å². The maximum atomic E-state index is 12.4. The molecule has 3 heterocycles. The second-order valence-electron chi connectivity index (χ2n) is 5.64. The van der Waals surface area contributed by atoms with E-state index in [1.807, 2.05) is 0 Å². The van der Waals surface area contributed by atoms with Crippen LogP contribution in [0.15, 0.2) is 10.9 Å². The third-order valence-electron chi connectivity index (χ3n) is 4.00. The van der Waals surface area contributed by atoms with Crippen LogP contribution in [0.5, 0.6) is 0 Å². The minimum atomic E-state index is -0.330. The van der Waals surface area contributed by atoms with Gasteiger partial charge in [-0.2, -0.15) is 11.8 Å². The van der Waals surface area contributed by atoms with Gasteiger partial charge in [-0.15, -0.1) is 0 Å². The van der Waals surface area contributed by atoms with E-state index in [1.165, 1.54) is 6.07 Å². The first-order valence-corrected chi connectivity index (χ1v) is 8.44. The molecule has 0 bridgehead atoms. The van der Waals surface area contributed by atoms with E-state index in [0.717, 1.165) is 17.9 Å². The van der Waals surface area contributed by atoms with E-state index in [0.29, 0.717) is 18.9 Å². The smallest absolute Gasteiger partial charge is 0.273 e. The fourth-order valence-corrected chi connectivity index (χ4v) is 3.28. The molecule has 3 rings (SSSR count). The van der Waals surface area contributed by atoms with E-state index in [-0.39, 0.29) is 35.0 Å². The molecule has 1 aromatic heterocycles. The molecule has 1 atom stereocenters. The number of carbonyl (C=O) groups excluding carboxylic acids is 2. The van der Waals surface area contributed by atoms with Gasteiger partial charge in [-0.1, -0.05) is 0 Å². The van der Waals surface area contributed by atoms with Crippen molar-refractivity contribution < 1.29 is 9.59 Å². The van der Waals surface area contributed by atoms with E-state index < -0.39 is 0 Å². The molecule has 8 heteroatoms. The van der Waals surface area contributed by atoms with Crippen molar-refractivity contribution in [3.63, 3.8) is 0 Å². The Kier molecular flexibility index (Phi) is 4.19. The molecule has 0 aliphatic carbocycles. The Balaban J connectivity index is 1.58. The highest BCUT2D eigenvalue weighted by Crippen LogP contribution is 2.25. The lowest BCUT2D eigenvalue weighted by atomic mass is 10.0. The third kappa shape index (κ3) is 3.01. The van der Waals surface area contributed by atoms with Crippen molar-refractivity contribution in [2.75, 3.05) is 24.6 Å². The highest BCUT2D eigenvalue weighted by Gasteiger charge is 2.34. The lowest BCUT2D eigenvalue weighted by Gasteiger charge is -2.41. The monoisotopic (exact) mass is 322 g/mol. The van der Waals surface area contributed by atoms with Gasteiger partial charge in [-0.05, 0) is 13.3 Å². The van der Waals surface area contributed by atoms with E-state index >= 15 is 0 Å². The molecule has 1 aromatic rings. The molecule has 2 aliphatic heterocycles. The van der Waals surface area contributed by atoms with Gasteiger partial charge in [0.05, 0.1) is 12.0 Å². The number of aromatic amines is 1. The number of aryl methyl sites for hydroxylation is 1. The van der Waals surface area contributed by atoms with Crippen LogP contribution in [0.4, 0.5) is 0 Å². The number of aromatic nitrogens is 2. The van der Waals surface area contributed by atoms with Crippen molar-refractivity contribution in [1.82, 2.24) is 20.2 Å². The second-order valence-corrected chi connectivity index (χ2v) is 6.71. The van der Waals surface area contributed by atoms with Crippen LogP contribution in [0.25, 0.3) is 0 Å². The van der Waals surface area contributed by atoms with Gasteiger partial charge in [-0.3, -0.25) is 14.4 Å². The SMILES string of the molecule is Cc1nc(C(=O)N2CCC2CNC(=O)C2CSC2)cc(=O)[nH]1. The van der Waals surface area contributed by atoms with Gasteiger partial charge in [-0.25, -0.2) is 4.98 Å². The van der Waals surface area contributed by atoms with Crippen molar-refractivity contribution in [1.29, 1.82) is 0 Å². The number of thioether (sulfide) groups is 1. The Morgan fingerprint density at radius 2 is 2.27 bits per heavy atom. The molecular weight excluding hydrogens is 304 g/mol. The number of nitrogens with zero attached hydrogens (tertiary/aromatic N) is 2. The van der Waals surface area contributed by atoms with Crippen LogP contribution in [0.3, 0.4) is 0 Å². The molecule has 0 saturated carbocycles. The Morgan fingerprint density at radius 3 is 2.82 bits per heavy atom. The van der Waals surface area contributed by atoms with Gasteiger partial charge in [0, 0.05) is 30.7 Å². The second kappa shape index (κ2) is 6.12. The maximum absolute atomic E-state index is 12.4. The lowest BCUT2D eigenvalue weighted by molar-refractivity contribution is -0.124. The summed E-state index contributed by atoms with van der Waals surface area (Å²) in [7, 11) is 0. The topological polar surface area (TPSA) is 95.2 Å². The van der Waals surface area contributed by atoms with Gasteiger partial charge in [0.2, 0.25) is 5.91 Å². The molecule has 0 radical (unpaired) electrons. The van der Waals surface area contributed by atoms with Crippen LogP contribution in [-0.2, 0) is 4.79 Å².